The molecule has 0 saturated heterocycles. The zero-order valence-electron chi connectivity index (χ0n) is 20.9. The first-order valence-corrected chi connectivity index (χ1v) is 12.3. The second-order valence-corrected chi connectivity index (χ2v) is 8.32. The maximum absolute atomic E-state index is 13.0. The molecule has 0 saturated carbocycles. The van der Waals surface area contributed by atoms with Crippen LogP contribution in [0.4, 0.5) is 0 Å². The average molecular weight is 472 g/mol. The van der Waals surface area contributed by atoms with Crippen molar-refractivity contribution in [3.63, 3.8) is 0 Å². The van der Waals surface area contributed by atoms with Crippen LogP contribution >= 0.6 is 0 Å². The average Bonchev–Trinajstić information content (AvgIpc) is 3.14. The number of carbonyl (C=O) groups is 2. The normalized spacial score (nSPS) is 20.7. The summed E-state index contributed by atoms with van der Waals surface area (Å²) in [5.74, 6) is 5.03. The molecule has 0 aromatic heterocycles. The van der Waals surface area contributed by atoms with Gasteiger partial charge in [-0.2, -0.15) is 5.10 Å². The molecule has 184 valence electrons. The number of rotatable bonds is 11. The second-order valence-electron chi connectivity index (χ2n) is 8.32. The number of nitrogens with zero attached hydrogens (tertiary/aromatic N) is 1. The van der Waals surface area contributed by atoms with E-state index in [9.17, 15) is 9.59 Å². The summed E-state index contributed by atoms with van der Waals surface area (Å²) in [7, 11) is 0. The molecule has 0 unspecified atom stereocenters. The van der Waals surface area contributed by atoms with E-state index in [1.54, 1.807) is 6.92 Å². The predicted molar refractivity (Wildman–Crippen MR) is 147 cm³/mol. The van der Waals surface area contributed by atoms with Gasteiger partial charge < -0.3 is 11.2 Å². The number of ketones is 1. The molecular formula is C30H37N3O2. The Morgan fingerprint density at radius 2 is 2.00 bits per heavy atom. The van der Waals surface area contributed by atoms with Gasteiger partial charge in [-0.3, -0.25) is 9.59 Å². The predicted octanol–water partition coefficient (Wildman–Crippen LogP) is 5.88. The molecule has 2 aliphatic rings. The van der Waals surface area contributed by atoms with Gasteiger partial charge in [0, 0.05) is 13.0 Å². The van der Waals surface area contributed by atoms with Crippen molar-refractivity contribution in [1.82, 2.24) is 5.32 Å². The van der Waals surface area contributed by atoms with Crippen molar-refractivity contribution in [3.05, 3.63) is 107 Å². The molecule has 0 atom stereocenters. The summed E-state index contributed by atoms with van der Waals surface area (Å²) in [4.78, 5) is 25.6. The van der Waals surface area contributed by atoms with Gasteiger partial charge in [-0.05, 0) is 47.6 Å². The zero-order chi connectivity index (χ0) is 25.5. The molecule has 0 bridgehead atoms. The highest BCUT2D eigenvalue weighted by Crippen LogP contribution is 2.20. The maximum atomic E-state index is 13.0. The van der Waals surface area contributed by atoms with Gasteiger partial charge in [-0.15, -0.1) is 0 Å². The number of amides is 1. The molecule has 0 aliphatic heterocycles. The molecule has 0 radical (unpaired) electrons. The van der Waals surface area contributed by atoms with Crippen LogP contribution in [0.3, 0.4) is 0 Å². The first kappa shape index (κ1) is 27.5. The molecule has 3 N–H and O–H groups in total. The number of nitrogens with two attached hydrogens (primary N) is 1. The van der Waals surface area contributed by atoms with Crippen molar-refractivity contribution in [3.8, 4) is 0 Å². The Hall–Kier alpha value is -3.73. The summed E-state index contributed by atoms with van der Waals surface area (Å²) in [6, 6.07) is 0. The fourth-order valence-electron chi connectivity index (χ4n) is 3.54. The summed E-state index contributed by atoms with van der Waals surface area (Å²) in [6.07, 6.45) is 28.3. The largest absolute Gasteiger partial charge is 0.348 e. The summed E-state index contributed by atoms with van der Waals surface area (Å²) >= 11 is 0. The Balaban J connectivity index is 2.24. The summed E-state index contributed by atoms with van der Waals surface area (Å²) < 4.78 is 0. The number of unbranched alkanes of at least 4 members (excludes halogenated alkanes) is 2. The molecule has 0 fully saturated rings. The van der Waals surface area contributed by atoms with Crippen LogP contribution in [0.2, 0.25) is 0 Å². The highest BCUT2D eigenvalue weighted by Gasteiger charge is 2.19. The number of nitrogens with one attached hydrogen (secondary N) is 1. The molecule has 0 aromatic rings. The van der Waals surface area contributed by atoms with Crippen LogP contribution in [0.5, 0.6) is 0 Å². The van der Waals surface area contributed by atoms with Crippen molar-refractivity contribution in [2.75, 3.05) is 6.54 Å². The molecule has 0 spiro atoms. The molecule has 35 heavy (non-hydrogen) atoms. The van der Waals surface area contributed by atoms with Gasteiger partial charge >= 0.3 is 0 Å². The van der Waals surface area contributed by atoms with Crippen molar-refractivity contribution >= 4 is 17.4 Å². The van der Waals surface area contributed by atoms with Gasteiger partial charge in [-0.25, -0.2) is 0 Å². The highest BCUT2D eigenvalue weighted by atomic mass is 16.2. The van der Waals surface area contributed by atoms with E-state index in [4.69, 9.17) is 5.84 Å². The summed E-state index contributed by atoms with van der Waals surface area (Å²) in [5, 5.41) is 6.78. The van der Waals surface area contributed by atoms with E-state index in [0.29, 0.717) is 18.7 Å². The van der Waals surface area contributed by atoms with Crippen LogP contribution in [0.25, 0.3) is 0 Å². The van der Waals surface area contributed by atoms with E-state index in [1.807, 2.05) is 48.6 Å². The minimum absolute atomic E-state index is 0.0491. The Kier molecular flexibility index (Phi) is 12.0. The summed E-state index contributed by atoms with van der Waals surface area (Å²) in [6.45, 7) is 8.38. The number of hydrazone groups is 1. The first-order chi connectivity index (χ1) is 17.0. The van der Waals surface area contributed by atoms with Crippen LogP contribution in [0.1, 0.15) is 52.4 Å². The van der Waals surface area contributed by atoms with Crippen LogP contribution in [-0.4, -0.2) is 23.9 Å². The third kappa shape index (κ3) is 9.20. The van der Waals surface area contributed by atoms with Crippen molar-refractivity contribution < 1.29 is 9.59 Å². The molecule has 5 nitrogen and oxygen atoms in total. The van der Waals surface area contributed by atoms with Gasteiger partial charge in [0.05, 0.1) is 11.3 Å². The standard InChI is InChI=1S/C30H37N3O2/c1-4-6-7-12-17-25-19-20-26(18-13-14-23(25)3)28(33-31)21-27(29(34)5-2)30(35)32-22-24-15-10-8-9-11-16-24/h8-10,12-19,21H,3-7,11,20,22,31H2,1-2H3,(H,32,35)/b14-13-,17-12+,25-19-,26-18+,27-21+,33-28+. The lowest BCUT2D eigenvalue weighted by Gasteiger charge is -2.12. The minimum atomic E-state index is -0.435. The van der Waals surface area contributed by atoms with Gasteiger partial charge in [0.2, 0.25) is 0 Å². The van der Waals surface area contributed by atoms with Crippen LogP contribution < -0.4 is 11.2 Å². The third-order valence-corrected chi connectivity index (χ3v) is 5.67. The number of hydrogen-bond donors (Lipinski definition) is 2. The van der Waals surface area contributed by atoms with Crippen molar-refractivity contribution in [2.24, 2.45) is 10.9 Å². The first-order valence-electron chi connectivity index (χ1n) is 12.3. The SMILES string of the molecule is C=C1\C=C/C=C(C(/C=C(\C(=O)CC)C(=O)NCC2=CCC=CC=C2)=N/N)\C/C=C1/C=C/CCCC. The Bertz CT molecular complexity index is 1070. The van der Waals surface area contributed by atoms with E-state index >= 15 is 0 Å². The van der Waals surface area contributed by atoms with Crippen molar-refractivity contribution in [1.29, 1.82) is 0 Å². The number of Topliss-reactive ketones (excluding diaryl/α,β-unsaturated/α-hetero) is 1. The monoisotopic (exact) mass is 471 g/mol. The molecule has 2 aliphatic carbocycles. The Morgan fingerprint density at radius 1 is 1.17 bits per heavy atom. The van der Waals surface area contributed by atoms with E-state index < -0.39 is 5.91 Å². The van der Waals surface area contributed by atoms with Crippen LogP contribution in [0, 0.1) is 0 Å². The lowest BCUT2D eigenvalue weighted by molar-refractivity contribution is -0.122. The third-order valence-electron chi connectivity index (χ3n) is 5.67. The maximum Gasteiger partial charge on any atom is 0.255 e. The van der Waals surface area contributed by atoms with E-state index in [1.165, 1.54) is 6.08 Å². The number of carbonyl (C=O) groups excluding carboxylic acids is 2. The quantitative estimate of drug-likeness (QED) is 0.0750. The van der Waals surface area contributed by atoms with E-state index in [2.05, 4.69) is 42.1 Å². The van der Waals surface area contributed by atoms with Crippen LogP contribution in [-0.2, 0) is 9.59 Å². The molecule has 0 aromatic carbocycles. The minimum Gasteiger partial charge on any atom is -0.348 e. The lowest BCUT2D eigenvalue weighted by atomic mass is 9.95. The fourth-order valence-corrected chi connectivity index (χ4v) is 3.54. The highest BCUT2D eigenvalue weighted by molar-refractivity contribution is 6.24. The number of allylic oxidation sites excluding steroid dienone is 14. The second kappa shape index (κ2) is 15.2. The molecule has 2 rings (SSSR count). The molecular weight excluding hydrogens is 434 g/mol. The molecule has 0 heterocycles. The molecule has 1 amide bonds. The smallest absolute Gasteiger partial charge is 0.255 e. The summed E-state index contributed by atoms with van der Waals surface area (Å²) in [5.41, 5.74) is 4.20. The van der Waals surface area contributed by atoms with Crippen LogP contribution in [0.15, 0.2) is 112 Å². The lowest BCUT2D eigenvalue weighted by Crippen LogP contribution is -2.30. The van der Waals surface area contributed by atoms with Gasteiger partial charge in [0.1, 0.15) is 0 Å². The topological polar surface area (TPSA) is 84.5 Å². The Morgan fingerprint density at radius 3 is 2.74 bits per heavy atom. The van der Waals surface area contributed by atoms with E-state index in [-0.39, 0.29) is 17.8 Å². The zero-order valence-corrected chi connectivity index (χ0v) is 20.9. The number of hydrogen-bond acceptors (Lipinski definition) is 4. The van der Waals surface area contributed by atoms with E-state index in [0.717, 1.165) is 48.0 Å². The van der Waals surface area contributed by atoms with Gasteiger partial charge in [0.15, 0.2) is 5.78 Å². The van der Waals surface area contributed by atoms with Gasteiger partial charge in [-0.1, -0.05) is 100 Å². The Labute approximate surface area is 209 Å². The van der Waals surface area contributed by atoms with Crippen molar-refractivity contribution in [2.45, 2.75) is 52.4 Å². The fraction of sp³-hybridized carbons (Fsp3) is 0.300. The molecule has 5 heteroatoms. The van der Waals surface area contributed by atoms with Gasteiger partial charge in [0.25, 0.3) is 5.91 Å².